The van der Waals surface area contributed by atoms with Gasteiger partial charge in [-0.15, -0.1) is 0 Å². The van der Waals surface area contributed by atoms with Crippen LogP contribution in [0.1, 0.15) is 37.3 Å². The molecule has 1 aromatic rings. The van der Waals surface area contributed by atoms with E-state index in [0.717, 1.165) is 24.8 Å². The Kier molecular flexibility index (Phi) is 6.90. The highest BCUT2D eigenvalue weighted by Crippen LogP contribution is 2.20. The summed E-state index contributed by atoms with van der Waals surface area (Å²) in [7, 11) is -1.89. The number of nitrogens with zero attached hydrogens (tertiary/aromatic N) is 1. The zero-order valence-corrected chi connectivity index (χ0v) is 13.8. The van der Waals surface area contributed by atoms with E-state index in [-0.39, 0.29) is 11.4 Å². The second-order valence-electron chi connectivity index (χ2n) is 5.04. The second kappa shape index (κ2) is 8.18. The van der Waals surface area contributed by atoms with Crippen LogP contribution in [0.2, 0.25) is 0 Å². The molecule has 0 aliphatic heterocycles. The molecule has 21 heavy (non-hydrogen) atoms. The van der Waals surface area contributed by atoms with E-state index in [1.165, 1.54) is 4.31 Å². The maximum Gasteiger partial charge on any atom is 0.244 e. The molecule has 0 bridgehead atoms. The maximum absolute atomic E-state index is 12.6. The smallest absolute Gasteiger partial charge is 0.244 e. The monoisotopic (exact) mass is 308 g/mol. The largest absolute Gasteiger partial charge is 0.320 e. The standard InChI is InChI=1S/C16H24N2O2S/c1-4-5-6-12-18(3)21(19,20)16-10-9-14(2)13-15(16)8-7-11-17/h9-10,13H,4-6,11-12,17H2,1-3H3. The van der Waals surface area contributed by atoms with Crippen molar-refractivity contribution in [2.45, 2.75) is 38.0 Å². The van der Waals surface area contributed by atoms with Crippen LogP contribution < -0.4 is 5.73 Å². The molecule has 0 radical (unpaired) electrons. The van der Waals surface area contributed by atoms with Gasteiger partial charge in [0.25, 0.3) is 0 Å². The van der Waals surface area contributed by atoms with E-state index in [1.54, 1.807) is 25.2 Å². The molecule has 0 amide bonds. The van der Waals surface area contributed by atoms with Crippen LogP contribution in [-0.2, 0) is 10.0 Å². The predicted molar refractivity (Wildman–Crippen MR) is 86.5 cm³/mol. The van der Waals surface area contributed by atoms with Crippen molar-refractivity contribution in [1.29, 1.82) is 0 Å². The Labute approximate surface area is 128 Å². The van der Waals surface area contributed by atoms with E-state index in [1.807, 2.05) is 6.92 Å². The van der Waals surface area contributed by atoms with Gasteiger partial charge in [0.1, 0.15) is 0 Å². The van der Waals surface area contributed by atoms with Crippen LogP contribution in [0.5, 0.6) is 0 Å². The summed E-state index contributed by atoms with van der Waals surface area (Å²) in [4.78, 5) is 0.257. The molecule has 2 N–H and O–H groups in total. The van der Waals surface area contributed by atoms with Gasteiger partial charge in [0.05, 0.1) is 11.4 Å². The Balaban J connectivity index is 3.12. The second-order valence-corrected chi connectivity index (χ2v) is 7.05. The molecule has 0 aliphatic carbocycles. The Morgan fingerprint density at radius 2 is 2.00 bits per heavy atom. The van der Waals surface area contributed by atoms with Crippen LogP contribution in [0.25, 0.3) is 0 Å². The first-order chi connectivity index (χ1) is 9.93. The van der Waals surface area contributed by atoms with Gasteiger partial charge in [0.2, 0.25) is 10.0 Å². The van der Waals surface area contributed by atoms with Crippen molar-refractivity contribution in [3.63, 3.8) is 0 Å². The number of rotatable bonds is 6. The number of hydrogen-bond donors (Lipinski definition) is 1. The SMILES string of the molecule is CCCCCN(C)S(=O)(=O)c1ccc(C)cc1C#CCN. The van der Waals surface area contributed by atoms with Gasteiger partial charge in [0, 0.05) is 19.2 Å². The third kappa shape index (κ3) is 4.85. The zero-order chi connectivity index (χ0) is 15.9. The lowest BCUT2D eigenvalue weighted by Crippen LogP contribution is -2.28. The maximum atomic E-state index is 12.6. The summed E-state index contributed by atoms with van der Waals surface area (Å²) in [6.07, 6.45) is 2.95. The van der Waals surface area contributed by atoms with E-state index in [0.29, 0.717) is 12.1 Å². The van der Waals surface area contributed by atoms with Crippen molar-refractivity contribution >= 4 is 10.0 Å². The van der Waals surface area contributed by atoms with Crippen molar-refractivity contribution in [3.05, 3.63) is 29.3 Å². The number of sulfonamides is 1. The number of hydrogen-bond acceptors (Lipinski definition) is 3. The highest BCUT2D eigenvalue weighted by atomic mass is 32.2. The molecule has 0 heterocycles. The molecule has 0 unspecified atom stereocenters. The van der Waals surface area contributed by atoms with Crippen molar-refractivity contribution in [1.82, 2.24) is 4.31 Å². The zero-order valence-electron chi connectivity index (χ0n) is 13.0. The number of aryl methyl sites for hydroxylation is 1. The minimum Gasteiger partial charge on any atom is -0.320 e. The van der Waals surface area contributed by atoms with Gasteiger partial charge in [-0.25, -0.2) is 12.7 Å². The summed E-state index contributed by atoms with van der Waals surface area (Å²) in [5.41, 5.74) is 6.87. The van der Waals surface area contributed by atoms with Gasteiger partial charge in [-0.3, -0.25) is 0 Å². The van der Waals surface area contributed by atoms with E-state index < -0.39 is 10.0 Å². The molecule has 0 fully saturated rings. The molecule has 1 rings (SSSR count). The van der Waals surface area contributed by atoms with Crippen molar-refractivity contribution < 1.29 is 8.42 Å². The van der Waals surface area contributed by atoms with Crippen LogP contribution >= 0.6 is 0 Å². The minimum absolute atomic E-state index is 0.208. The highest BCUT2D eigenvalue weighted by molar-refractivity contribution is 7.89. The lowest BCUT2D eigenvalue weighted by molar-refractivity contribution is 0.454. The lowest BCUT2D eigenvalue weighted by atomic mass is 10.1. The highest BCUT2D eigenvalue weighted by Gasteiger charge is 2.23. The topological polar surface area (TPSA) is 63.4 Å². The quantitative estimate of drug-likeness (QED) is 0.647. The molecule has 0 aromatic heterocycles. The van der Waals surface area contributed by atoms with E-state index in [4.69, 9.17) is 5.73 Å². The molecule has 0 saturated carbocycles. The van der Waals surface area contributed by atoms with Gasteiger partial charge in [-0.2, -0.15) is 0 Å². The van der Waals surface area contributed by atoms with Crippen LogP contribution in [0.15, 0.2) is 23.1 Å². The fourth-order valence-corrected chi connectivity index (χ4v) is 3.32. The average Bonchev–Trinajstić information content (AvgIpc) is 2.45. The first-order valence-corrected chi connectivity index (χ1v) is 8.63. The van der Waals surface area contributed by atoms with Crippen LogP contribution in [0, 0.1) is 18.8 Å². The van der Waals surface area contributed by atoms with Crippen molar-refractivity contribution in [2.24, 2.45) is 5.73 Å². The first-order valence-electron chi connectivity index (χ1n) is 7.19. The number of benzene rings is 1. The van der Waals surface area contributed by atoms with Crippen LogP contribution in [0.4, 0.5) is 0 Å². The Hall–Kier alpha value is -1.35. The van der Waals surface area contributed by atoms with Gasteiger partial charge >= 0.3 is 0 Å². The fourth-order valence-electron chi connectivity index (χ4n) is 1.99. The minimum atomic E-state index is -3.51. The normalized spacial score (nSPS) is 11.3. The molecule has 5 heteroatoms. The van der Waals surface area contributed by atoms with Crippen molar-refractivity contribution in [3.8, 4) is 11.8 Å². The third-order valence-corrected chi connectivity index (χ3v) is 5.14. The molecule has 0 aliphatic rings. The Bertz CT molecular complexity index is 627. The molecular weight excluding hydrogens is 284 g/mol. The summed E-state index contributed by atoms with van der Waals surface area (Å²) in [5, 5.41) is 0. The predicted octanol–water partition coefficient (Wildman–Crippen LogP) is 2.12. The molecule has 0 saturated heterocycles. The van der Waals surface area contributed by atoms with E-state index in [9.17, 15) is 8.42 Å². The summed E-state index contributed by atoms with van der Waals surface area (Å²) in [6.45, 7) is 4.73. The summed E-state index contributed by atoms with van der Waals surface area (Å²) in [6, 6.07) is 5.21. The van der Waals surface area contributed by atoms with Crippen LogP contribution in [-0.4, -0.2) is 32.9 Å². The fraction of sp³-hybridized carbons (Fsp3) is 0.500. The molecule has 116 valence electrons. The molecule has 1 aromatic carbocycles. The van der Waals surface area contributed by atoms with E-state index in [2.05, 4.69) is 18.8 Å². The average molecular weight is 308 g/mol. The van der Waals surface area contributed by atoms with Gasteiger partial charge in [-0.05, 0) is 31.0 Å². The van der Waals surface area contributed by atoms with Gasteiger partial charge < -0.3 is 5.73 Å². The Morgan fingerprint density at radius 1 is 1.29 bits per heavy atom. The molecule has 4 nitrogen and oxygen atoms in total. The Morgan fingerprint density at radius 3 is 2.62 bits per heavy atom. The first kappa shape index (κ1) is 17.7. The number of nitrogens with two attached hydrogens (primary N) is 1. The van der Waals surface area contributed by atoms with Gasteiger partial charge in [0.15, 0.2) is 0 Å². The summed E-state index contributed by atoms with van der Waals surface area (Å²) >= 11 is 0. The van der Waals surface area contributed by atoms with E-state index >= 15 is 0 Å². The summed E-state index contributed by atoms with van der Waals surface area (Å²) < 4.78 is 26.7. The van der Waals surface area contributed by atoms with Crippen molar-refractivity contribution in [2.75, 3.05) is 20.1 Å². The van der Waals surface area contributed by atoms with Gasteiger partial charge in [-0.1, -0.05) is 37.7 Å². The molecule has 0 spiro atoms. The molecule has 0 atom stereocenters. The molecular formula is C16H24N2O2S. The number of unbranched alkanes of at least 4 members (excludes halogenated alkanes) is 2. The summed E-state index contributed by atoms with van der Waals surface area (Å²) in [5.74, 6) is 5.59. The van der Waals surface area contributed by atoms with Crippen LogP contribution in [0.3, 0.4) is 0 Å². The third-order valence-electron chi connectivity index (χ3n) is 3.22. The lowest BCUT2D eigenvalue weighted by Gasteiger charge is -2.18.